The van der Waals surface area contributed by atoms with E-state index in [-0.39, 0.29) is 21.9 Å². The van der Waals surface area contributed by atoms with Crippen molar-refractivity contribution < 1.29 is 26.9 Å². The standard InChI is InChI=1S/C28H24N2O6S/c1-19-9-8-12-21(17-19)29-28(32)30-22-15-16-24(27(31)35-2)25(18-22)36-37(33,34)26-14-7-6-13-23(26)20-10-4-3-5-11-20/h3-18H,1-2H3,(H2,29,30,32). The molecule has 2 amide bonds. The van der Waals surface area contributed by atoms with Crippen LogP contribution in [0.25, 0.3) is 11.1 Å². The monoisotopic (exact) mass is 516 g/mol. The van der Waals surface area contributed by atoms with Gasteiger partial charge in [-0.25, -0.2) is 9.59 Å². The number of carbonyl (C=O) groups is 2. The number of urea groups is 1. The zero-order valence-corrected chi connectivity index (χ0v) is 20.9. The fourth-order valence-electron chi connectivity index (χ4n) is 3.67. The van der Waals surface area contributed by atoms with E-state index in [9.17, 15) is 18.0 Å². The van der Waals surface area contributed by atoms with E-state index in [1.807, 2.05) is 19.1 Å². The van der Waals surface area contributed by atoms with Crippen LogP contribution in [0.4, 0.5) is 16.2 Å². The molecule has 0 saturated heterocycles. The highest BCUT2D eigenvalue weighted by molar-refractivity contribution is 7.87. The lowest BCUT2D eigenvalue weighted by atomic mass is 10.1. The fraction of sp³-hybridized carbons (Fsp3) is 0.0714. The molecule has 8 nitrogen and oxygen atoms in total. The van der Waals surface area contributed by atoms with E-state index >= 15 is 0 Å². The number of hydrogen-bond acceptors (Lipinski definition) is 6. The van der Waals surface area contributed by atoms with Crippen molar-refractivity contribution in [1.29, 1.82) is 0 Å². The third-order valence-corrected chi connectivity index (χ3v) is 6.66. The van der Waals surface area contributed by atoms with Crippen molar-refractivity contribution in [3.8, 4) is 16.9 Å². The number of anilines is 2. The van der Waals surface area contributed by atoms with Gasteiger partial charge in [0.25, 0.3) is 0 Å². The maximum atomic E-state index is 13.4. The van der Waals surface area contributed by atoms with Crippen LogP contribution in [-0.2, 0) is 14.9 Å². The minimum Gasteiger partial charge on any atom is -0.465 e. The Morgan fingerprint density at radius 2 is 1.43 bits per heavy atom. The average molecular weight is 517 g/mol. The first kappa shape index (κ1) is 25.5. The van der Waals surface area contributed by atoms with Gasteiger partial charge in [0.2, 0.25) is 0 Å². The van der Waals surface area contributed by atoms with Gasteiger partial charge in [0, 0.05) is 23.0 Å². The number of benzene rings is 4. The number of hydrogen-bond donors (Lipinski definition) is 2. The summed E-state index contributed by atoms with van der Waals surface area (Å²) in [5.41, 5.74) is 2.76. The number of esters is 1. The molecular formula is C28H24N2O6S. The second kappa shape index (κ2) is 11.0. The van der Waals surface area contributed by atoms with Gasteiger partial charge < -0.3 is 19.6 Å². The molecule has 0 unspecified atom stereocenters. The second-order valence-electron chi connectivity index (χ2n) is 8.05. The zero-order chi connectivity index (χ0) is 26.4. The number of carbonyl (C=O) groups excluding carboxylic acids is 2. The fourth-order valence-corrected chi connectivity index (χ4v) is 4.83. The van der Waals surface area contributed by atoms with E-state index in [2.05, 4.69) is 10.6 Å². The van der Waals surface area contributed by atoms with Gasteiger partial charge in [-0.05, 0) is 48.4 Å². The summed E-state index contributed by atoms with van der Waals surface area (Å²) in [7, 11) is -3.22. The Labute approximate surface area is 215 Å². The molecule has 0 radical (unpaired) electrons. The summed E-state index contributed by atoms with van der Waals surface area (Å²) in [6, 6.07) is 26.1. The van der Waals surface area contributed by atoms with Crippen molar-refractivity contribution in [3.63, 3.8) is 0 Å². The smallest absolute Gasteiger partial charge is 0.341 e. The Bertz CT molecular complexity index is 1550. The van der Waals surface area contributed by atoms with Crippen molar-refractivity contribution >= 4 is 33.5 Å². The average Bonchev–Trinajstić information content (AvgIpc) is 2.88. The van der Waals surface area contributed by atoms with E-state index in [1.54, 1.807) is 60.7 Å². The second-order valence-corrected chi connectivity index (χ2v) is 9.57. The van der Waals surface area contributed by atoms with Crippen molar-refractivity contribution in [2.45, 2.75) is 11.8 Å². The quantitative estimate of drug-likeness (QED) is 0.235. The zero-order valence-electron chi connectivity index (χ0n) is 20.1. The molecule has 0 aliphatic rings. The molecular weight excluding hydrogens is 492 g/mol. The highest BCUT2D eigenvalue weighted by Crippen LogP contribution is 2.32. The Balaban J connectivity index is 1.65. The molecule has 37 heavy (non-hydrogen) atoms. The van der Waals surface area contributed by atoms with Gasteiger partial charge >= 0.3 is 22.1 Å². The van der Waals surface area contributed by atoms with Crippen molar-refractivity contribution in [3.05, 3.63) is 108 Å². The summed E-state index contributed by atoms with van der Waals surface area (Å²) in [5.74, 6) is -1.08. The number of nitrogens with one attached hydrogen (secondary N) is 2. The third-order valence-electron chi connectivity index (χ3n) is 5.36. The molecule has 4 aromatic carbocycles. The molecule has 2 N–H and O–H groups in total. The van der Waals surface area contributed by atoms with Crippen LogP contribution < -0.4 is 14.8 Å². The van der Waals surface area contributed by atoms with E-state index in [0.29, 0.717) is 16.8 Å². The molecule has 9 heteroatoms. The van der Waals surface area contributed by atoms with E-state index in [4.69, 9.17) is 8.92 Å². The van der Waals surface area contributed by atoms with Crippen LogP contribution in [0, 0.1) is 6.92 Å². The maximum Gasteiger partial charge on any atom is 0.341 e. The van der Waals surface area contributed by atoms with Gasteiger partial charge in [-0.3, -0.25) is 0 Å². The predicted molar refractivity (Wildman–Crippen MR) is 141 cm³/mol. The molecule has 0 fully saturated rings. The molecule has 4 aromatic rings. The molecule has 0 aliphatic heterocycles. The first-order valence-electron chi connectivity index (χ1n) is 11.2. The lowest BCUT2D eigenvalue weighted by molar-refractivity contribution is 0.0599. The predicted octanol–water partition coefficient (Wildman–Crippen LogP) is 5.86. The van der Waals surface area contributed by atoms with Crippen LogP contribution in [0.15, 0.2) is 102 Å². The number of aryl methyl sites for hydroxylation is 1. The SMILES string of the molecule is COC(=O)c1ccc(NC(=O)Nc2cccc(C)c2)cc1OS(=O)(=O)c1ccccc1-c1ccccc1. The molecule has 0 atom stereocenters. The molecule has 0 aromatic heterocycles. The van der Waals surface area contributed by atoms with Crippen LogP contribution in [0.2, 0.25) is 0 Å². The van der Waals surface area contributed by atoms with Crippen molar-refractivity contribution in [1.82, 2.24) is 0 Å². The van der Waals surface area contributed by atoms with Gasteiger partial charge in [0.15, 0.2) is 5.75 Å². The van der Waals surface area contributed by atoms with Crippen LogP contribution >= 0.6 is 0 Å². The van der Waals surface area contributed by atoms with Gasteiger partial charge in [0.05, 0.1) is 7.11 Å². The minimum absolute atomic E-state index is 0.0763. The van der Waals surface area contributed by atoms with E-state index < -0.39 is 22.1 Å². The summed E-state index contributed by atoms with van der Waals surface area (Å²) in [5, 5.41) is 5.32. The molecule has 188 valence electrons. The van der Waals surface area contributed by atoms with Gasteiger partial charge in [-0.15, -0.1) is 0 Å². The number of rotatable bonds is 7. The molecule has 0 bridgehead atoms. The Morgan fingerprint density at radius 3 is 2.14 bits per heavy atom. The summed E-state index contributed by atoms with van der Waals surface area (Å²) >= 11 is 0. The van der Waals surface area contributed by atoms with Crippen LogP contribution in [0.1, 0.15) is 15.9 Å². The van der Waals surface area contributed by atoms with Crippen molar-refractivity contribution in [2.24, 2.45) is 0 Å². The van der Waals surface area contributed by atoms with Crippen LogP contribution in [-0.4, -0.2) is 27.5 Å². The molecule has 4 rings (SSSR count). The first-order valence-corrected chi connectivity index (χ1v) is 12.6. The first-order chi connectivity index (χ1) is 17.8. The summed E-state index contributed by atoms with van der Waals surface area (Å²) in [6.07, 6.45) is 0. The molecule has 0 heterocycles. The summed E-state index contributed by atoms with van der Waals surface area (Å²) < 4.78 is 37.0. The third kappa shape index (κ3) is 6.14. The lowest BCUT2D eigenvalue weighted by Crippen LogP contribution is -2.20. The summed E-state index contributed by atoms with van der Waals surface area (Å²) in [6.45, 7) is 1.90. The Morgan fingerprint density at radius 1 is 0.757 bits per heavy atom. The van der Waals surface area contributed by atoms with Gasteiger partial charge in [0.1, 0.15) is 10.5 Å². The molecule has 0 saturated carbocycles. The molecule has 0 spiro atoms. The van der Waals surface area contributed by atoms with Gasteiger partial charge in [-0.2, -0.15) is 8.42 Å². The van der Waals surface area contributed by atoms with Crippen LogP contribution in [0.5, 0.6) is 5.75 Å². The summed E-state index contributed by atoms with van der Waals surface area (Å²) in [4.78, 5) is 24.8. The highest BCUT2D eigenvalue weighted by atomic mass is 32.2. The van der Waals surface area contributed by atoms with Gasteiger partial charge in [-0.1, -0.05) is 60.7 Å². The van der Waals surface area contributed by atoms with Crippen molar-refractivity contribution in [2.75, 3.05) is 17.7 Å². The largest absolute Gasteiger partial charge is 0.465 e. The van der Waals surface area contributed by atoms with E-state index in [0.717, 1.165) is 5.56 Å². The normalized spacial score (nSPS) is 10.9. The minimum atomic E-state index is -4.39. The van der Waals surface area contributed by atoms with Crippen LogP contribution in [0.3, 0.4) is 0 Å². The van der Waals surface area contributed by atoms with E-state index in [1.165, 1.54) is 31.4 Å². The lowest BCUT2D eigenvalue weighted by Gasteiger charge is -2.15. The number of ether oxygens (including phenoxy) is 1. The molecule has 0 aliphatic carbocycles. The number of methoxy groups -OCH3 is 1. The number of amides is 2. The Kier molecular flexibility index (Phi) is 7.55. The maximum absolute atomic E-state index is 13.4. The highest BCUT2D eigenvalue weighted by Gasteiger charge is 2.25. The topological polar surface area (TPSA) is 111 Å². The Hall–Kier alpha value is -4.63.